The number of benzene rings is 2. The molecule has 3 aromatic rings. The maximum atomic E-state index is 13.7. The summed E-state index contributed by atoms with van der Waals surface area (Å²) < 4.78 is 34.2. The average Bonchev–Trinajstić information content (AvgIpc) is 3.21. The van der Waals surface area contributed by atoms with Crippen LogP contribution in [0.5, 0.6) is 5.75 Å². The van der Waals surface area contributed by atoms with Gasteiger partial charge in [0.05, 0.1) is 25.0 Å². The van der Waals surface area contributed by atoms with Crippen LogP contribution in [0.25, 0.3) is 5.69 Å². The van der Waals surface area contributed by atoms with Crippen LogP contribution in [0.15, 0.2) is 47.6 Å². The highest BCUT2D eigenvalue weighted by Gasteiger charge is 2.21. The topological polar surface area (TPSA) is 60.2 Å². The summed E-state index contributed by atoms with van der Waals surface area (Å²) in [5.41, 5.74) is 0.906. The van der Waals surface area contributed by atoms with Gasteiger partial charge >= 0.3 is 0 Å². The Kier molecular flexibility index (Phi) is 7.16. The molecule has 9 heteroatoms. The van der Waals surface area contributed by atoms with Gasteiger partial charge in [0.1, 0.15) is 17.4 Å². The number of ether oxygens (including phenoxy) is 1. The molecule has 4 rings (SSSR count). The molecule has 168 valence electrons. The number of nitrogens with zero attached hydrogens (tertiary/aromatic N) is 4. The minimum absolute atomic E-state index is 0.0306. The smallest absolute Gasteiger partial charge is 0.196 e. The first-order chi connectivity index (χ1) is 15.5. The second-order valence-electron chi connectivity index (χ2n) is 7.60. The number of piperidine rings is 1. The summed E-state index contributed by atoms with van der Waals surface area (Å²) in [7, 11) is 1.44. The number of hydrogen-bond acceptors (Lipinski definition) is 6. The maximum absolute atomic E-state index is 13.7. The molecule has 2 aromatic carbocycles. The minimum Gasteiger partial charge on any atom is -0.496 e. The Hall–Kier alpha value is -2.78. The number of hydrogen-bond donors (Lipinski definition) is 0. The van der Waals surface area contributed by atoms with Gasteiger partial charge in [-0.1, -0.05) is 18.2 Å². The van der Waals surface area contributed by atoms with Gasteiger partial charge in [-0.15, -0.1) is 10.2 Å². The lowest BCUT2D eigenvalue weighted by molar-refractivity contribution is 0.101. The van der Waals surface area contributed by atoms with Gasteiger partial charge in [0.15, 0.2) is 16.8 Å². The van der Waals surface area contributed by atoms with Crippen molar-refractivity contribution < 1.29 is 18.3 Å². The largest absolute Gasteiger partial charge is 0.496 e. The van der Waals surface area contributed by atoms with Gasteiger partial charge < -0.3 is 4.74 Å². The average molecular weight is 459 g/mol. The summed E-state index contributed by atoms with van der Waals surface area (Å²) in [5, 5.41) is 9.19. The number of halogens is 2. The van der Waals surface area contributed by atoms with Gasteiger partial charge in [-0.2, -0.15) is 0 Å². The van der Waals surface area contributed by atoms with E-state index >= 15 is 0 Å². The van der Waals surface area contributed by atoms with Gasteiger partial charge in [0.25, 0.3) is 0 Å². The highest BCUT2D eigenvalue weighted by molar-refractivity contribution is 7.99. The number of aromatic nitrogens is 3. The summed E-state index contributed by atoms with van der Waals surface area (Å²) in [6.07, 6.45) is 3.53. The fraction of sp³-hybridized carbons (Fsp3) is 0.348. The molecule has 0 radical (unpaired) electrons. The highest BCUT2D eigenvalue weighted by Crippen LogP contribution is 2.27. The number of likely N-dealkylation sites (tertiary alicyclic amines) is 1. The molecule has 1 fully saturated rings. The number of methoxy groups -OCH3 is 1. The molecule has 2 heterocycles. The molecular formula is C23H24F2N4O2S. The van der Waals surface area contributed by atoms with Crippen LogP contribution in [0.2, 0.25) is 0 Å². The molecule has 0 unspecified atom stereocenters. The van der Waals surface area contributed by atoms with Gasteiger partial charge in [0, 0.05) is 5.69 Å². The Balaban J connectivity index is 1.58. The molecule has 0 N–H and O–H groups in total. The van der Waals surface area contributed by atoms with E-state index in [9.17, 15) is 13.6 Å². The predicted molar refractivity (Wildman–Crippen MR) is 118 cm³/mol. The van der Waals surface area contributed by atoms with E-state index in [0.29, 0.717) is 17.5 Å². The molecule has 0 spiro atoms. The van der Waals surface area contributed by atoms with Crippen molar-refractivity contribution in [3.63, 3.8) is 0 Å². The minimum atomic E-state index is -0.502. The van der Waals surface area contributed by atoms with Crippen molar-refractivity contribution >= 4 is 17.5 Å². The van der Waals surface area contributed by atoms with Crippen LogP contribution in [0.3, 0.4) is 0 Å². The molecule has 1 aromatic heterocycles. The first-order valence-electron chi connectivity index (χ1n) is 10.5. The zero-order valence-corrected chi connectivity index (χ0v) is 18.6. The van der Waals surface area contributed by atoms with Gasteiger partial charge in [-0.25, -0.2) is 8.78 Å². The quantitative estimate of drug-likeness (QED) is 0.366. The molecular weight excluding hydrogens is 434 g/mol. The summed E-state index contributed by atoms with van der Waals surface area (Å²) in [4.78, 5) is 15.1. The number of carbonyl (C=O) groups excluding carboxylic acids is 1. The van der Waals surface area contributed by atoms with Crippen molar-refractivity contribution in [2.45, 2.75) is 31.0 Å². The molecule has 6 nitrogen and oxygen atoms in total. The van der Waals surface area contributed by atoms with Crippen LogP contribution in [-0.4, -0.2) is 51.4 Å². The van der Waals surface area contributed by atoms with E-state index in [1.54, 1.807) is 12.1 Å². The van der Waals surface area contributed by atoms with Crippen LogP contribution in [0, 0.1) is 11.6 Å². The van der Waals surface area contributed by atoms with Crippen LogP contribution >= 0.6 is 11.8 Å². The van der Waals surface area contributed by atoms with E-state index in [1.165, 1.54) is 55.6 Å². The summed E-state index contributed by atoms with van der Waals surface area (Å²) in [5.74, 6) is -0.0281. The zero-order valence-electron chi connectivity index (χ0n) is 17.8. The van der Waals surface area contributed by atoms with E-state index in [4.69, 9.17) is 4.74 Å². The van der Waals surface area contributed by atoms with Crippen molar-refractivity contribution in [1.29, 1.82) is 0 Å². The summed E-state index contributed by atoms with van der Waals surface area (Å²) >= 11 is 1.21. The molecule has 32 heavy (non-hydrogen) atoms. The fourth-order valence-corrected chi connectivity index (χ4v) is 4.62. The Bertz CT molecular complexity index is 1080. The third-order valence-electron chi connectivity index (χ3n) is 5.39. The third kappa shape index (κ3) is 5.16. The highest BCUT2D eigenvalue weighted by atomic mass is 32.2. The van der Waals surface area contributed by atoms with Crippen LogP contribution in [-0.2, 0) is 6.54 Å². The zero-order chi connectivity index (χ0) is 22.5. The summed E-state index contributed by atoms with van der Waals surface area (Å²) in [6, 6.07) is 9.97. The van der Waals surface area contributed by atoms with Crippen LogP contribution in [0.4, 0.5) is 8.78 Å². The predicted octanol–water partition coefficient (Wildman–Crippen LogP) is 4.52. The molecule has 0 bridgehead atoms. The van der Waals surface area contributed by atoms with Gasteiger partial charge in [0.2, 0.25) is 0 Å². The Morgan fingerprint density at radius 1 is 1.03 bits per heavy atom. The molecule has 0 amide bonds. The fourth-order valence-electron chi connectivity index (χ4n) is 3.77. The lowest BCUT2D eigenvalue weighted by Gasteiger charge is -2.26. The molecule has 0 aliphatic carbocycles. The number of ketones is 1. The lowest BCUT2D eigenvalue weighted by atomic mass is 10.1. The number of rotatable bonds is 8. The van der Waals surface area contributed by atoms with E-state index in [2.05, 4.69) is 15.1 Å². The lowest BCUT2D eigenvalue weighted by Crippen LogP contribution is -2.30. The SMILES string of the molecule is COc1ccc(F)cc1C(=O)CSc1nnc(CN2CCCCC2)n1-c1ccc(F)cc1. The summed E-state index contributed by atoms with van der Waals surface area (Å²) in [6.45, 7) is 2.61. The van der Waals surface area contributed by atoms with Crippen molar-refractivity contribution in [3.8, 4) is 11.4 Å². The van der Waals surface area contributed by atoms with E-state index in [0.717, 1.165) is 37.4 Å². The Labute approximate surface area is 189 Å². The Morgan fingerprint density at radius 2 is 1.75 bits per heavy atom. The standard InChI is InChI=1S/C23H24F2N4O2S/c1-31-21-10-7-17(25)13-19(21)20(30)15-32-23-27-26-22(14-28-11-3-2-4-12-28)29(23)18-8-5-16(24)6-9-18/h5-10,13H,2-4,11-12,14-15H2,1H3. The van der Waals surface area contributed by atoms with Gasteiger partial charge in [-0.3, -0.25) is 14.3 Å². The van der Waals surface area contributed by atoms with E-state index in [1.807, 2.05) is 4.57 Å². The monoisotopic (exact) mass is 458 g/mol. The van der Waals surface area contributed by atoms with E-state index in [-0.39, 0.29) is 22.9 Å². The normalized spacial score (nSPS) is 14.5. The Morgan fingerprint density at radius 3 is 2.47 bits per heavy atom. The van der Waals surface area contributed by atoms with Crippen LogP contribution in [0.1, 0.15) is 35.4 Å². The van der Waals surface area contributed by atoms with Crippen molar-refractivity contribution in [2.75, 3.05) is 26.0 Å². The van der Waals surface area contributed by atoms with Crippen molar-refractivity contribution in [2.24, 2.45) is 0 Å². The molecule has 0 saturated carbocycles. The van der Waals surface area contributed by atoms with E-state index < -0.39 is 5.82 Å². The molecule has 1 aliphatic heterocycles. The second-order valence-corrected chi connectivity index (χ2v) is 8.55. The third-order valence-corrected chi connectivity index (χ3v) is 6.32. The second kappa shape index (κ2) is 10.2. The first kappa shape index (κ1) is 22.4. The first-order valence-corrected chi connectivity index (χ1v) is 11.5. The number of carbonyl (C=O) groups is 1. The maximum Gasteiger partial charge on any atom is 0.196 e. The molecule has 1 aliphatic rings. The molecule has 0 atom stereocenters. The van der Waals surface area contributed by atoms with Crippen LogP contribution < -0.4 is 4.74 Å². The number of Topliss-reactive ketones (excluding diaryl/α,β-unsaturated/α-hetero) is 1. The number of thioether (sulfide) groups is 1. The molecule has 1 saturated heterocycles. The van der Waals surface area contributed by atoms with Gasteiger partial charge in [-0.05, 0) is 68.4 Å². The van der Waals surface area contributed by atoms with Crippen molar-refractivity contribution in [1.82, 2.24) is 19.7 Å². The van der Waals surface area contributed by atoms with Crippen molar-refractivity contribution in [3.05, 3.63) is 65.5 Å².